The number of anilines is 1. The number of aromatic nitrogens is 1. The fraction of sp³-hybridized carbons (Fsp3) is 0.231. The average molecular weight is 296 g/mol. The molecule has 0 spiro atoms. The summed E-state index contributed by atoms with van der Waals surface area (Å²) in [6.45, 7) is 2.43. The second kappa shape index (κ2) is 6.04. The van der Waals surface area contributed by atoms with Crippen molar-refractivity contribution in [3.05, 3.63) is 44.7 Å². The van der Waals surface area contributed by atoms with E-state index < -0.39 is 0 Å². The van der Waals surface area contributed by atoms with Crippen LogP contribution in [-0.2, 0) is 13.0 Å². The topological polar surface area (TPSA) is 68.0 Å². The zero-order valence-corrected chi connectivity index (χ0v) is 12.0. The number of thiophene rings is 1. The van der Waals surface area contributed by atoms with Crippen LogP contribution in [0.25, 0.3) is 0 Å². The lowest BCUT2D eigenvalue weighted by Crippen LogP contribution is -2.22. The third-order valence-corrected chi connectivity index (χ3v) is 3.81. The Balaban J connectivity index is 2.05. The van der Waals surface area contributed by atoms with Crippen LogP contribution in [-0.4, -0.2) is 10.9 Å². The van der Waals surface area contributed by atoms with Crippen molar-refractivity contribution in [2.24, 2.45) is 0 Å². The van der Waals surface area contributed by atoms with E-state index in [0.29, 0.717) is 22.3 Å². The minimum absolute atomic E-state index is 0.159. The predicted molar refractivity (Wildman–Crippen MR) is 78.5 cm³/mol. The molecule has 0 radical (unpaired) electrons. The molecule has 6 heteroatoms. The van der Waals surface area contributed by atoms with E-state index in [1.54, 1.807) is 12.1 Å². The van der Waals surface area contributed by atoms with E-state index in [4.69, 9.17) is 17.3 Å². The van der Waals surface area contributed by atoms with Crippen molar-refractivity contribution in [2.45, 2.75) is 19.9 Å². The lowest BCUT2D eigenvalue weighted by Gasteiger charge is -2.06. The number of amides is 1. The summed E-state index contributed by atoms with van der Waals surface area (Å²) in [5.74, 6) is 0.206. The van der Waals surface area contributed by atoms with Gasteiger partial charge in [-0.2, -0.15) is 0 Å². The van der Waals surface area contributed by atoms with Gasteiger partial charge in [0.2, 0.25) is 0 Å². The molecule has 4 nitrogen and oxygen atoms in total. The number of rotatable bonds is 4. The molecule has 0 fully saturated rings. The van der Waals surface area contributed by atoms with Crippen LogP contribution in [0.2, 0.25) is 4.34 Å². The minimum atomic E-state index is -0.159. The van der Waals surface area contributed by atoms with Crippen LogP contribution in [0.1, 0.15) is 27.9 Å². The molecular formula is C13H14ClN3OS. The van der Waals surface area contributed by atoms with Crippen LogP contribution in [0.4, 0.5) is 5.82 Å². The summed E-state index contributed by atoms with van der Waals surface area (Å²) in [6, 6.07) is 7.04. The van der Waals surface area contributed by atoms with Crippen molar-refractivity contribution in [3.8, 4) is 0 Å². The smallest absolute Gasteiger partial charge is 0.251 e. The van der Waals surface area contributed by atoms with Crippen molar-refractivity contribution in [3.63, 3.8) is 0 Å². The first kappa shape index (κ1) is 13.8. The van der Waals surface area contributed by atoms with Gasteiger partial charge in [0.1, 0.15) is 5.82 Å². The number of hydrogen-bond donors (Lipinski definition) is 2. The second-order valence-corrected chi connectivity index (χ2v) is 5.81. The number of halogens is 1. The standard InChI is InChI=1S/C13H14ClN3OS/c1-2-9-5-8(6-12(15)17-9)13(18)16-7-10-3-4-11(14)19-10/h3-6H,2,7H2,1H3,(H2,15,17)(H,16,18). The van der Waals surface area contributed by atoms with Gasteiger partial charge < -0.3 is 11.1 Å². The fourth-order valence-corrected chi connectivity index (χ4v) is 2.67. The highest BCUT2D eigenvalue weighted by Gasteiger charge is 2.09. The number of nitrogens with zero attached hydrogens (tertiary/aromatic N) is 1. The normalized spacial score (nSPS) is 10.4. The van der Waals surface area contributed by atoms with E-state index in [2.05, 4.69) is 10.3 Å². The quantitative estimate of drug-likeness (QED) is 0.911. The van der Waals surface area contributed by atoms with E-state index in [0.717, 1.165) is 17.0 Å². The van der Waals surface area contributed by atoms with Crippen LogP contribution in [0.15, 0.2) is 24.3 Å². The molecule has 0 atom stereocenters. The van der Waals surface area contributed by atoms with Crippen molar-refractivity contribution in [2.75, 3.05) is 5.73 Å². The van der Waals surface area contributed by atoms with E-state index >= 15 is 0 Å². The molecule has 2 aromatic heterocycles. The Labute approximate surface area is 120 Å². The molecule has 0 saturated heterocycles. The Morgan fingerprint density at radius 3 is 2.89 bits per heavy atom. The molecule has 2 rings (SSSR count). The van der Waals surface area contributed by atoms with Crippen LogP contribution in [0.3, 0.4) is 0 Å². The number of nitrogen functional groups attached to an aromatic ring is 1. The largest absolute Gasteiger partial charge is 0.384 e. The van der Waals surface area contributed by atoms with Gasteiger partial charge in [0, 0.05) is 16.1 Å². The first-order chi connectivity index (χ1) is 9.08. The van der Waals surface area contributed by atoms with Gasteiger partial charge in [0.05, 0.1) is 10.9 Å². The SMILES string of the molecule is CCc1cc(C(=O)NCc2ccc(Cl)s2)cc(N)n1. The van der Waals surface area contributed by atoms with Crippen molar-refractivity contribution >= 4 is 34.7 Å². The van der Waals surface area contributed by atoms with E-state index in [1.807, 2.05) is 19.1 Å². The van der Waals surface area contributed by atoms with E-state index in [1.165, 1.54) is 11.3 Å². The van der Waals surface area contributed by atoms with Crippen molar-refractivity contribution in [1.82, 2.24) is 10.3 Å². The highest BCUT2D eigenvalue weighted by atomic mass is 35.5. The van der Waals surface area contributed by atoms with Gasteiger partial charge in [-0.05, 0) is 30.7 Å². The molecule has 0 aromatic carbocycles. The van der Waals surface area contributed by atoms with E-state index in [-0.39, 0.29) is 5.91 Å². The number of aryl methyl sites for hydroxylation is 1. The Morgan fingerprint density at radius 2 is 2.26 bits per heavy atom. The maximum Gasteiger partial charge on any atom is 0.251 e. The number of hydrogen-bond acceptors (Lipinski definition) is 4. The number of carbonyl (C=O) groups excluding carboxylic acids is 1. The number of nitrogens with one attached hydrogen (secondary N) is 1. The molecule has 19 heavy (non-hydrogen) atoms. The molecule has 3 N–H and O–H groups in total. The van der Waals surface area contributed by atoms with Gasteiger partial charge in [-0.15, -0.1) is 11.3 Å². The van der Waals surface area contributed by atoms with Gasteiger partial charge in [0.15, 0.2) is 0 Å². The first-order valence-corrected chi connectivity index (χ1v) is 7.06. The first-order valence-electron chi connectivity index (χ1n) is 5.87. The van der Waals surface area contributed by atoms with Gasteiger partial charge in [-0.25, -0.2) is 4.98 Å². The van der Waals surface area contributed by atoms with Crippen molar-refractivity contribution in [1.29, 1.82) is 0 Å². The van der Waals surface area contributed by atoms with Crippen LogP contribution in [0.5, 0.6) is 0 Å². The van der Waals surface area contributed by atoms with Crippen LogP contribution in [0, 0.1) is 0 Å². The van der Waals surface area contributed by atoms with Gasteiger partial charge in [-0.3, -0.25) is 4.79 Å². The number of pyridine rings is 1. The Kier molecular flexibility index (Phi) is 4.39. The number of nitrogens with two attached hydrogens (primary N) is 1. The second-order valence-electron chi connectivity index (χ2n) is 4.01. The van der Waals surface area contributed by atoms with Gasteiger partial charge >= 0.3 is 0 Å². The molecule has 0 aliphatic rings. The molecule has 0 bridgehead atoms. The predicted octanol–water partition coefficient (Wildman–Crippen LogP) is 2.87. The van der Waals surface area contributed by atoms with E-state index in [9.17, 15) is 4.79 Å². The molecule has 0 unspecified atom stereocenters. The Bertz CT molecular complexity index is 597. The van der Waals surface area contributed by atoms with Gasteiger partial charge in [-0.1, -0.05) is 18.5 Å². The summed E-state index contributed by atoms with van der Waals surface area (Å²) >= 11 is 7.28. The lowest BCUT2D eigenvalue weighted by atomic mass is 10.2. The minimum Gasteiger partial charge on any atom is -0.384 e. The Hall–Kier alpha value is -1.59. The fourth-order valence-electron chi connectivity index (χ4n) is 1.64. The summed E-state index contributed by atoms with van der Waals surface area (Å²) in [4.78, 5) is 17.2. The lowest BCUT2D eigenvalue weighted by molar-refractivity contribution is 0.0951. The maximum absolute atomic E-state index is 12.0. The van der Waals surface area contributed by atoms with Gasteiger partial charge in [0.25, 0.3) is 5.91 Å². The zero-order chi connectivity index (χ0) is 13.8. The summed E-state index contributed by atoms with van der Waals surface area (Å²) in [6.07, 6.45) is 0.742. The van der Waals surface area contributed by atoms with Crippen LogP contribution < -0.4 is 11.1 Å². The average Bonchev–Trinajstić information content (AvgIpc) is 2.81. The molecule has 100 valence electrons. The monoisotopic (exact) mass is 295 g/mol. The molecule has 0 saturated carbocycles. The molecule has 0 aliphatic carbocycles. The maximum atomic E-state index is 12.0. The molecular weight excluding hydrogens is 282 g/mol. The third-order valence-electron chi connectivity index (χ3n) is 2.57. The summed E-state index contributed by atoms with van der Waals surface area (Å²) in [5.41, 5.74) is 7.02. The van der Waals surface area contributed by atoms with Crippen LogP contribution >= 0.6 is 22.9 Å². The summed E-state index contributed by atoms with van der Waals surface area (Å²) < 4.78 is 0.714. The molecule has 2 heterocycles. The molecule has 2 aromatic rings. The highest BCUT2D eigenvalue weighted by molar-refractivity contribution is 7.16. The summed E-state index contributed by atoms with van der Waals surface area (Å²) in [7, 11) is 0. The number of carbonyl (C=O) groups is 1. The highest BCUT2D eigenvalue weighted by Crippen LogP contribution is 2.21. The molecule has 1 amide bonds. The third kappa shape index (κ3) is 3.68. The summed E-state index contributed by atoms with van der Waals surface area (Å²) in [5, 5.41) is 2.84. The molecule has 0 aliphatic heterocycles. The zero-order valence-electron chi connectivity index (χ0n) is 10.4. The Morgan fingerprint density at radius 1 is 1.47 bits per heavy atom. The van der Waals surface area contributed by atoms with Crippen molar-refractivity contribution < 1.29 is 4.79 Å².